The van der Waals surface area contributed by atoms with E-state index in [2.05, 4.69) is 5.32 Å². The normalized spacial score (nSPS) is 12.2. The van der Waals surface area contributed by atoms with Crippen molar-refractivity contribution in [3.8, 4) is 6.07 Å². The fourth-order valence-electron chi connectivity index (χ4n) is 3.46. The second kappa shape index (κ2) is 8.77. The van der Waals surface area contributed by atoms with Crippen molar-refractivity contribution in [2.75, 3.05) is 10.2 Å². The van der Waals surface area contributed by atoms with E-state index >= 15 is 0 Å². The summed E-state index contributed by atoms with van der Waals surface area (Å²) in [7, 11) is 0. The van der Waals surface area contributed by atoms with Crippen molar-refractivity contribution < 1.29 is 23.9 Å². The number of esters is 1. The zero-order chi connectivity index (χ0) is 23.5. The lowest BCUT2D eigenvalue weighted by atomic mass is 10.1. The third kappa shape index (κ3) is 4.34. The topological polar surface area (TPSA) is 117 Å². The van der Waals surface area contributed by atoms with Gasteiger partial charge in [0.2, 0.25) is 5.91 Å². The maximum absolute atomic E-state index is 12.9. The van der Waals surface area contributed by atoms with Gasteiger partial charge in [-0.25, -0.2) is 9.69 Å². The summed E-state index contributed by atoms with van der Waals surface area (Å²) in [4.78, 5) is 50.5. The van der Waals surface area contributed by atoms with Crippen LogP contribution in [0.15, 0.2) is 66.7 Å². The average Bonchev–Trinajstić information content (AvgIpc) is 3.07. The van der Waals surface area contributed by atoms with Gasteiger partial charge in [0.25, 0.3) is 11.8 Å². The molecule has 8 heteroatoms. The lowest BCUT2D eigenvalue weighted by molar-refractivity contribution is -0.114. The number of anilines is 2. The molecule has 1 aliphatic rings. The van der Waals surface area contributed by atoms with Gasteiger partial charge in [-0.3, -0.25) is 14.4 Å². The minimum absolute atomic E-state index is 0.0366. The monoisotopic (exact) mass is 439 g/mol. The van der Waals surface area contributed by atoms with Gasteiger partial charge in [0.15, 0.2) is 0 Å². The number of hydrogen-bond acceptors (Lipinski definition) is 6. The quantitative estimate of drug-likeness (QED) is 0.479. The van der Waals surface area contributed by atoms with E-state index in [1.54, 1.807) is 48.5 Å². The Morgan fingerprint density at radius 1 is 0.970 bits per heavy atom. The summed E-state index contributed by atoms with van der Waals surface area (Å²) in [6.07, 6.45) is 0. The summed E-state index contributed by atoms with van der Waals surface area (Å²) in [5, 5.41) is 11.6. The second-order valence-corrected chi connectivity index (χ2v) is 7.32. The van der Waals surface area contributed by atoms with Crippen LogP contribution in [0.5, 0.6) is 0 Å². The molecule has 0 radical (unpaired) electrons. The molecule has 8 nitrogen and oxygen atoms in total. The molecule has 0 aliphatic carbocycles. The van der Waals surface area contributed by atoms with Crippen LogP contribution >= 0.6 is 0 Å². The molecule has 1 aliphatic heterocycles. The Hall–Kier alpha value is -4.77. The third-order valence-electron chi connectivity index (χ3n) is 4.99. The first-order valence-electron chi connectivity index (χ1n) is 9.94. The highest BCUT2D eigenvalue weighted by molar-refractivity contribution is 6.34. The summed E-state index contributed by atoms with van der Waals surface area (Å²) < 4.78 is 5.30. The zero-order valence-electron chi connectivity index (χ0n) is 17.5. The molecule has 33 heavy (non-hydrogen) atoms. The van der Waals surface area contributed by atoms with Crippen LogP contribution in [0.25, 0.3) is 0 Å². The van der Waals surface area contributed by atoms with Gasteiger partial charge in [0.1, 0.15) is 6.61 Å². The first-order chi connectivity index (χ1) is 15.9. The maximum Gasteiger partial charge on any atom is 0.338 e. The summed E-state index contributed by atoms with van der Waals surface area (Å²) in [6.45, 7) is 1.34. The Labute approximate surface area is 189 Å². The minimum atomic E-state index is -0.654. The molecule has 162 valence electrons. The number of fused-ring (bicyclic) bond motifs is 1. The van der Waals surface area contributed by atoms with Gasteiger partial charge in [0, 0.05) is 12.6 Å². The van der Waals surface area contributed by atoms with Crippen LogP contribution in [-0.2, 0) is 16.1 Å². The van der Waals surface area contributed by atoms with E-state index in [1.807, 2.05) is 6.07 Å². The zero-order valence-corrected chi connectivity index (χ0v) is 17.5. The number of carbonyl (C=O) groups excluding carboxylic acids is 4. The molecule has 3 aromatic carbocycles. The predicted octanol–water partition coefficient (Wildman–Crippen LogP) is 3.67. The summed E-state index contributed by atoms with van der Waals surface area (Å²) in [5.74, 6) is -1.95. The molecule has 0 spiro atoms. The standard InChI is InChI=1S/C25H17N3O5/c1-15(29)27-19-6-8-20(9-7-19)28-23(30)21-10-5-18(12-22(21)24(28)31)25(32)33-14-17-4-2-3-16(11-17)13-26/h2-12H,14H2,1H3,(H,27,29). The summed E-state index contributed by atoms with van der Waals surface area (Å²) in [5.41, 5.74) is 2.41. The molecule has 4 rings (SSSR count). The number of ether oxygens (including phenoxy) is 1. The van der Waals surface area contributed by atoms with Crippen molar-refractivity contribution in [2.45, 2.75) is 13.5 Å². The van der Waals surface area contributed by atoms with Crippen LogP contribution in [-0.4, -0.2) is 23.7 Å². The number of imide groups is 1. The molecule has 0 atom stereocenters. The Bertz CT molecular complexity index is 1340. The van der Waals surface area contributed by atoms with Gasteiger partial charge in [-0.05, 0) is 60.2 Å². The molecule has 0 bridgehead atoms. The van der Waals surface area contributed by atoms with E-state index in [-0.39, 0.29) is 29.2 Å². The number of carbonyl (C=O) groups is 4. The number of nitrogens with one attached hydrogen (secondary N) is 1. The van der Waals surface area contributed by atoms with Crippen molar-refractivity contribution in [3.63, 3.8) is 0 Å². The highest BCUT2D eigenvalue weighted by Crippen LogP contribution is 2.30. The SMILES string of the molecule is CC(=O)Nc1ccc(N2C(=O)c3ccc(C(=O)OCc4cccc(C#N)c4)cc3C2=O)cc1. The lowest BCUT2D eigenvalue weighted by Gasteiger charge is -2.14. The number of hydrogen-bond donors (Lipinski definition) is 1. The summed E-state index contributed by atoms with van der Waals surface area (Å²) in [6, 6.07) is 19.2. The van der Waals surface area contributed by atoms with Gasteiger partial charge in [-0.1, -0.05) is 12.1 Å². The summed E-state index contributed by atoms with van der Waals surface area (Å²) >= 11 is 0. The van der Waals surface area contributed by atoms with Gasteiger partial charge < -0.3 is 10.1 Å². The van der Waals surface area contributed by atoms with Crippen LogP contribution in [0.4, 0.5) is 11.4 Å². The van der Waals surface area contributed by atoms with Gasteiger partial charge in [-0.15, -0.1) is 0 Å². The molecular weight excluding hydrogens is 422 g/mol. The number of rotatable bonds is 5. The predicted molar refractivity (Wildman–Crippen MR) is 119 cm³/mol. The minimum Gasteiger partial charge on any atom is -0.457 e. The van der Waals surface area contributed by atoms with Gasteiger partial charge in [-0.2, -0.15) is 5.26 Å². The molecular formula is C25H17N3O5. The molecule has 0 fully saturated rings. The number of nitriles is 1. The lowest BCUT2D eigenvalue weighted by Crippen LogP contribution is -2.29. The second-order valence-electron chi connectivity index (χ2n) is 7.32. The van der Waals surface area contributed by atoms with Gasteiger partial charge in [0.05, 0.1) is 34.0 Å². The smallest absolute Gasteiger partial charge is 0.338 e. The van der Waals surface area contributed by atoms with Crippen molar-refractivity contribution in [3.05, 3.63) is 94.5 Å². The molecule has 3 aromatic rings. The van der Waals surface area contributed by atoms with E-state index in [4.69, 9.17) is 10.00 Å². The number of benzene rings is 3. The highest BCUT2D eigenvalue weighted by Gasteiger charge is 2.37. The average molecular weight is 439 g/mol. The Balaban J connectivity index is 1.51. The molecule has 0 aromatic heterocycles. The van der Waals surface area contributed by atoms with E-state index in [9.17, 15) is 19.2 Å². The van der Waals surface area contributed by atoms with E-state index in [1.165, 1.54) is 25.1 Å². The van der Waals surface area contributed by atoms with Crippen molar-refractivity contribution in [2.24, 2.45) is 0 Å². The van der Waals surface area contributed by atoms with Crippen LogP contribution in [0.2, 0.25) is 0 Å². The Kier molecular flexibility index (Phi) is 5.70. The number of amides is 3. The fourth-order valence-corrected chi connectivity index (χ4v) is 3.46. The van der Waals surface area contributed by atoms with E-state index < -0.39 is 17.8 Å². The first-order valence-corrected chi connectivity index (χ1v) is 9.94. The molecule has 1 heterocycles. The van der Waals surface area contributed by atoms with Crippen LogP contribution < -0.4 is 10.2 Å². The molecule has 0 saturated heterocycles. The van der Waals surface area contributed by atoms with Crippen LogP contribution in [0.3, 0.4) is 0 Å². The van der Waals surface area contributed by atoms with E-state index in [0.29, 0.717) is 22.5 Å². The highest BCUT2D eigenvalue weighted by atomic mass is 16.5. The van der Waals surface area contributed by atoms with E-state index in [0.717, 1.165) is 4.90 Å². The Morgan fingerprint density at radius 3 is 2.39 bits per heavy atom. The van der Waals surface area contributed by atoms with Crippen molar-refractivity contribution >= 4 is 35.1 Å². The maximum atomic E-state index is 12.9. The molecule has 1 N–H and O–H groups in total. The first kappa shape index (κ1) is 21.5. The van der Waals surface area contributed by atoms with Crippen LogP contribution in [0, 0.1) is 11.3 Å². The van der Waals surface area contributed by atoms with Crippen molar-refractivity contribution in [1.29, 1.82) is 5.26 Å². The number of nitrogens with zero attached hydrogens (tertiary/aromatic N) is 2. The van der Waals surface area contributed by atoms with Crippen LogP contribution in [0.1, 0.15) is 49.1 Å². The molecule has 3 amide bonds. The van der Waals surface area contributed by atoms with Gasteiger partial charge >= 0.3 is 5.97 Å². The third-order valence-corrected chi connectivity index (χ3v) is 4.99. The molecule has 0 unspecified atom stereocenters. The Morgan fingerprint density at radius 2 is 1.70 bits per heavy atom. The fraction of sp³-hybridized carbons (Fsp3) is 0.0800. The largest absolute Gasteiger partial charge is 0.457 e. The van der Waals surface area contributed by atoms with Crippen molar-refractivity contribution in [1.82, 2.24) is 0 Å². The molecule has 0 saturated carbocycles.